The van der Waals surface area contributed by atoms with Gasteiger partial charge < -0.3 is 0 Å². The highest BCUT2D eigenvalue weighted by Gasteiger charge is 2.46. The molecule has 0 aromatic carbocycles. The molecule has 2 atom stereocenters. The molecule has 5 nitrogen and oxygen atoms in total. The topological polar surface area (TPSA) is 63.2 Å². The first-order chi connectivity index (χ1) is 8.13. The van der Waals surface area contributed by atoms with Crippen LogP contribution >= 0.6 is 0 Å². The Morgan fingerprint density at radius 2 is 2.29 bits per heavy atom. The second kappa shape index (κ2) is 3.74. The molecule has 1 saturated heterocycles. The van der Waals surface area contributed by atoms with Crippen LogP contribution in [0, 0.1) is 0 Å². The lowest BCUT2D eigenvalue weighted by Gasteiger charge is -2.34. The SMILES string of the molecule is CCS(=O)(=O)N1C2CCC1c1cncnc1C2. The summed E-state index contributed by atoms with van der Waals surface area (Å²) in [5, 5.41) is 0. The fourth-order valence-electron chi connectivity index (χ4n) is 2.95. The zero-order valence-corrected chi connectivity index (χ0v) is 10.5. The second-order valence-electron chi connectivity index (χ2n) is 4.61. The zero-order valence-electron chi connectivity index (χ0n) is 9.70. The molecule has 0 amide bonds. The van der Waals surface area contributed by atoms with E-state index in [0.717, 1.165) is 30.5 Å². The van der Waals surface area contributed by atoms with E-state index in [1.54, 1.807) is 23.8 Å². The summed E-state index contributed by atoms with van der Waals surface area (Å²) in [6.07, 6.45) is 5.87. The number of nitrogens with zero attached hydrogens (tertiary/aromatic N) is 3. The first kappa shape index (κ1) is 11.1. The summed E-state index contributed by atoms with van der Waals surface area (Å²) in [7, 11) is -3.12. The van der Waals surface area contributed by atoms with Crippen LogP contribution in [0.3, 0.4) is 0 Å². The Kier molecular flexibility index (Phi) is 2.45. The molecule has 2 aliphatic rings. The van der Waals surface area contributed by atoms with Crippen LogP contribution in [-0.4, -0.2) is 34.5 Å². The van der Waals surface area contributed by atoms with Gasteiger partial charge in [-0.2, -0.15) is 4.31 Å². The van der Waals surface area contributed by atoms with Gasteiger partial charge in [0.1, 0.15) is 6.33 Å². The van der Waals surface area contributed by atoms with Crippen LogP contribution in [0.25, 0.3) is 0 Å². The van der Waals surface area contributed by atoms with Crippen molar-refractivity contribution in [3.8, 4) is 0 Å². The van der Waals surface area contributed by atoms with Gasteiger partial charge in [0, 0.05) is 24.2 Å². The number of hydrogen-bond donors (Lipinski definition) is 0. The van der Waals surface area contributed by atoms with Crippen molar-refractivity contribution in [3.63, 3.8) is 0 Å². The molecule has 2 aliphatic heterocycles. The van der Waals surface area contributed by atoms with Gasteiger partial charge in [0.15, 0.2) is 0 Å². The number of fused-ring (bicyclic) bond motifs is 4. The number of aromatic nitrogens is 2. The summed E-state index contributed by atoms with van der Waals surface area (Å²) >= 11 is 0. The first-order valence-electron chi connectivity index (χ1n) is 5.93. The van der Waals surface area contributed by atoms with E-state index in [9.17, 15) is 8.42 Å². The predicted octanol–water partition coefficient (Wildman–Crippen LogP) is 0.888. The van der Waals surface area contributed by atoms with Crippen molar-refractivity contribution in [2.45, 2.75) is 38.3 Å². The normalized spacial score (nSPS) is 28.1. The average Bonchev–Trinajstić information content (AvgIpc) is 2.67. The number of hydrogen-bond acceptors (Lipinski definition) is 4. The number of sulfonamides is 1. The molecule has 0 spiro atoms. The maximum Gasteiger partial charge on any atom is 0.214 e. The van der Waals surface area contributed by atoms with Crippen molar-refractivity contribution in [2.24, 2.45) is 0 Å². The van der Waals surface area contributed by atoms with Crippen LogP contribution in [0.5, 0.6) is 0 Å². The molecule has 2 unspecified atom stereocenters. The van der Waals surface area contributed by atoms with Crippen LogP contribution < -0.4 is 0 Å². The van der Waals surface area contributed by atoms with E-state index < -0.39 is 10.0 Å². The minimum atomic E-state index is -3.12. The molecule has 1 aromatic rings. The first-order valence-corrected chi connectivity index (χ1v) is 7.54. The molecule has 6 heteroatoms. The Balaban J connectivity index is 2.09. The third kappa shape index (κ3) is 1.58. The highest BCUT2D eigenvalue weighted by atomic mass is 32.2. The Morgan fingerprint density at radius 3 is 3.06 bits per heavy atom. The van der Waals surface area contributed by atoms with Crippen LogP contribution in [0.1, 0.15) is 37.1 Å². The van der Waals surface area contributed by atoms with E-state index in [2.05, 4.69) is 9.97 Å². The van der Waals surface area contributed by atoms with Crippen molar-refractivity contribution >= 4 is 10.0 Å². The van der Waals surface area contributed by atoms with Gasteiger partial charge in [-0.25, -0.2) is 18.4 Å². The number of rotatable bonds is 2. The van der Waals surface area contributed by atoms with Gasteiger partial charge in [-0.3, -0.25) is 0 Å². The van der Waals surface area contributed by atoms with Crippen molar-refractivity contribution in [1.29, 1.82) is 0 Å². The van der Waals surface area contributed by atoms with Gasteiger partial charge in [0.2, 0.25) is 10.0 Å². The highest BCUT2D eigenvalue weighted by Crippen LogP contribution is 2.44. The minimum absolute atomic E-state index is 0.0325. The van der Waals surface area contributed by atoms with Crippen LogP contribution in [0.2, 0.25) is 0 Å². The fourth-order valence-corrected chi connectivity index (χ4v) is 4.49. The van der Waals surface area contributed by atoms with Gasteiger partial charge in [-0.05, 0) is 19.8 Å². The molecule has 3 rings (SSSR count). The summed E-state index contributed by atoms with van der Waals surface area (Å²) < 4.78 is 25.9. The summed E-state index contributed by atoms with van der Waals surface area (Å²) in [6, 6.07) is 0.0715. The average molecular weight is 253 g/mol. The predicted molar refractivity (Wildman–Crippen MR) is 62.8 cm³/mol. The summed E-state index contributed by atoms with van der Waals surface area (Å²) in [5.74, 6) is 0.170. The van der Waals surface area contributed by atoms with Crippen molar-refractivity contribution < 1.29 is 8.42 Å². The van der Waals surface area contributed by atoms with E-state index in [-0.39, 0.29) is 17.8 Å². The zero-order chi connectivity index (χ0) is 12.0. The lowest BCUT2D eigenvalue weighted by Crippen LogP contribution is -2.42. The highest BCUT2D eigenvalue weighted by molar-refractivity contribution is 7.89. The van der Waals surface area contributed by atoms with Gasteiger partial charge >= 0.3 is 0 Å². The Labute approximate surface area is 101 Å². The van der Waals surface area contributed by atoms with Gasteiger partial charge in [-0.1, -0.05) is 0 Å². The maximum absolute atomic E-state index is 12.1. The van der Waals surface area contributed by atoms with E-state index in [0.29, 0.717) is 0 Å². The third-order valence-corrected chi connectivity index (χ3v) is 5.67. The van der Waals surface area contributed by atoms with Gasteiger partial charge in [0.05, 0.1) is 17.5 Å². The summed E-state index contributed by atoms with van der Waals surface area (Å²) in [4.78, 5) is 8.29. The molecule has 0 radical (unpaired) electrons. The molecule has 0 aliphatic carbocycles. The maximum atomic E-state index is 12.1. The molecular formula is C11H15N3O2S. The molecule has 1 aromatic heterocycles. The Bertz CT molecular complexity index is 543. The van der Waals surface area contributed by atoms with Gasteiger partial charge in [-0.15, -0.1) is 0 Å². The van der Waals surface area contributed by atoms with Crippen molar-refractivity contribution in [2.75, 3.05) is 5.75 Å². The van der Waals surface area contributed by atoms with E-state index in [1.165, 1.54) is 0 Å². The van der Waals surface area contributed by atoms with Crippen LogP contribution in [-0.2, 0) is 16.4 Å². The van der Waals surface area contributed by atoms with E-state index in [4.69, 9.17) is 0 Å². The fraction of sp³-hybridized carbons (Fsp3) is 0.636. The molecule has 3 heterocycles. The summed E-state index contributed by atoms with van der Waals surface area (Å²) in [6.45, 7) is 1.70. The van der Waals surface area contributed by atoms with E-state index in [1.807, 2.05) is 0 Å². The third-order valence-electron chi connectivity index (χ3n) is 3.74. The molecule has 0 saturated carbocycles. The molecule has 92 valence electrons. The molecule has 17 heavy (non-hydrogen) atoms. The largest absolute Gasteiger partial charge is 0.244 e. The molecular weight excluding hydrogens is 238 g/mol. The second-order valence-corrected chi connectivity index (χ2v) is 6.77. The van der Waals surface area contributed by atoms with E-state index >= 15 is 0 Å². The summed E-state index contributed by atoms with van der Waals surface area (Å²) in [5.41, 5.74) is 2.02. The molecule has 0 N–H and O–H groups in total. The molecule has 1 fully saturated rings. The van der Waals surface area contributed by atoms with Crippen molar-refractivity contribution in [3.05, 3.63) is 23.8 Å². The van der Waals surface area contributed by atoms with Crippen LogP contribution in [0.15, 0.2) is 12.5 Å². The van der Waals surface area contributed by atoms with Crippen molar-refractivity contribution in [1.82, 2.24) is 14.3 Å². The van der Waals surface area contributed by atoms with Gasteiger partial charge in [0.25, 0.3) is 0 Å². The Hall–Kier alpha value is -1.01. The monoisotopic (exact) mass is 253 g/mol. The smallest absolute Gasteiger partial charge is 0.214 e. The quantitative estimate of drug-likeness (QED) is 0.785. The molecule has 2 bridgehead atoms. The Morgan fingerprint density at radius 1 is 1.47 bits per heavy atom. The standard InChI is InChI=1S/C11H15N3O2S/c1-2-17(15,16)14-8-3-4-11(14)9-6-12-7-13-10(9)5-8/h6-8,11H,2-5H2,1H3. The minimum Gasteiger partial charge on any atom is -0.244 e. The lowest BCUT2D eigenvalue weighted by molar-refractivity contribution is 0.300. The van der Waals surface area contributed by atoms with Crippen LogP contribution in [0.4, 0.5) is 0 Å². The lowest BCUT2D eigenvalue weighted by atomic mass is 10.0.